The summed E-state index contributed by atoms with van der Waals surface area (Å²) in [7, 11) is 2.87. The maximum atomic E-state index is 12.1. The Bertz CT molecular complexity index is 728. The van der Waals surface area contributed by atoms with Crippen molar-refractivity contribution in [1.29, 1.82) is 0 Å². The quantitative estimate of drug-likeness (QED) is 0.848. The molecule has 0 saturated heterocycles. The first-order chi connectivity index (χ1) is 11.0. The third kappa shape index (κ3) is 4.00. The van der Waals surface area contributed by atoms with E-state index in [2.05, 4.69) is 10.6 Å². The van der Waals surface area contributed by atoms with Crippen LogP contribution in [0, 0.1) is 6.92 Å². The zero-order valence-electron chi connectivity index (χ0n) is 13.2. The van der Waals surface area contributed by atoms with Gasteiger partial charge in [0.2, 0.25) is 0 Å². The van der Waals surface area contributed by atoms with Gasteiger partial charge in [-0.25, -0.2) is 9.59 Å². The van der Waals surface area contributed by atoms with Crippen LogP contribution in [0.2, 0.25) is 0 Å². The second-order valence-corrected chi connectivity index (χ2v) is 4.80. The molecule has 2 rings (SSSR count). The fourth-order valence-corrected chi connectivity index (χ4v) is 2.06. The molecule has 0 atom stereocenters. The van der Waals surface area contributed by atoms with E-state index in [4.69, 9.17) is 9.47 Å². The van der Waals surface area contributed by atoms with E-state index in [1.54, 1.807) is 43.5 Å². The van der Waals surface area contributed by atoms with Crippen molar-refractivity contribution in [3.63, 3.8) is 0 Å². The van der Waals surface area contributed by atoms with Crippen LogP contribution in [0.3, 0.4) is 0 Å². The summed E-state index contributed by atoms with van der Waals surface area (Å²) in [4.78, 5) is 23.8. The molecule has 0 fully saturated rings. The number of hydrogen-bond donors (Lipinski definition) is 2. The standard InChI is InChI=1S/C17H18N2O4/c1-11-10-12(22-2)8-9-14(11)18-17(21)19-15-7-5-4-6-13(15)16(20)23-3/h4-10H,1-3H3,(H2,18,19,21). The van der Waals surface area contributed by atoms with Crippen molar-refractivity contribution in [3.8, 4) is 5.75 Å². The van der Waals surface area contributed by atoms with Crippen LogP contribution in [0.15, 0.2) is 42.5 Å². The van der Waals surface area contributed by atoms with Gasteiger partial charge in [0.1, 0.15) is 5.75 Å². The second-order valence-electron chi connectivity index (χ2n) is 4.80. The number of ether oxygens (including phenoxy) is 2. The van der Waals surface area contributed by atoms with Gasteiger partial charge < -0.3 is 20.1 Å². The maximum Gasteiger partial charge on any atom is 0.339 e. The third-order valence-electron chi connectivity index (χ3n) is 3.26. The number of methoxy groups -OCH3 is 2. The minimum atomic E-state index is -0.512. The molecule has 120 valence electrons. The molecule has 2 amide bonds. The molecule has 0 aliphatic carbocycles. The largest absolute Gasteiger partial charge is 0.497 e. The van der Waals surface area contributed by atoms with Gasteiger partial charge in [0.05, 0.1) is 25.5 Å². The SMILES string of the molecule is COC(=O)c1ccccc1NC(=O)Nc1ccc(OC)cc1C. The van der Waals surface area contributed by atoms with Crippen LogP contribution in [0.25, 0.3) is 0 Å². The number of hydrogen-bond acceptors (Lipinski definition) is 4. The van der Waals surface area contributed by atoms with Gasteiger partial charge in [-0.05, 0) is 42.8 Å². The maximum absolute atomic E-state index is 12.1. The van der Waals surface area contributed by atoms with E-state index in [0.717, 1.165) is 5.56 Å². The highest BCUT2D eigenvalue weighted by molar-refractivity contribution is 6.05. The smallest absolute Gasteiger partial charge is 0.339 e. The first-order valence-corrected chi connectivity index (χ1v) is 6.95. The number of benzene rings is 2. The Kier molecular flexibility index (Phi) is 5.19. The van der Waals surface area contributed by atoms with Crippen LogP contribution < -0.4 is 15.4 Å². The lowest BCUT2D eigenvalue weighted by Gasteiger charge is -2.12. The topological polar surface area (TPSA) is 76.7 Å². The summed E-state index contributed by atoms with van der Waals surface area (Å²) in [5.41, 5.74) is 2.18. The Balaban J connectivity index is 2.13. The van der Waals surface area contributed by atoms with Gasteiger partial charge in [0.25, 0.3) is 0 Å². The van der Waals surface area contributed by atoms with Crippen LogP contribution in [-0.2, 0) is 4.74 Å². The van der Waals surface area contributed by atoms with E-state index in [9.17, 15) is 9.59 Å². The molecule has 23 heavy (non-hydrogen) atoms. The fourth-order valence-electron chi connectivity index (χ4n) is 2.06. The Hall–Kier alpha value is -3.02. The van der Waals surface area contributed by atoms with Crippen LogP contribution in [0.4, 0.5) is 16.2 Å². The molecule has 0 saturated carbocycles. The number of esters is 1. The Morgan fingerprint density at radius 3 is 2.30 bits per heavy atom. The summed E-state index contributed by atoms with van der Waals surface area (Å²) in [6.07, 6.45) is 0. The highest BCUT2D eigenvalue weighted by atomic mass is 16.5. The predicted molar refractivity (Wildman–Crippen MR) is 88.2 cm³/mol. The zero-order chi connectivity index (χ0) is 16.8. The number of nitrogens with one attached hydrogen (secondary N) is 2. The summed E-state index contributed by atoms with van der Waals surface area (Å²) in [6.45, 7) is 1.86. The predicted octanol–water partition coefficient (Wildman–Crippen LogP) is 3.43. The molecule has 6 heteroatoms. The molecule has 0 spiro atoms. The highest BCUT2D eigenvalue weighted by Crippen LogP contribution is 2.22. The molecule has 0 unspecified atom stereocenters. The van der Waals surface area contributed by atoms with Gasteiger partial charge in [-0.2, -0.15) is 0 Å². The van der Waals surface area contributed by atoms with Crippen molar-refractivity contribution >= 4 is 23.4 Å². The van der Waals surface area contributed by atoms with Gasteiger partial charge in [-0.3, -0.25) is 0 Å². The molecule has 0 radical (unpaired) electrons. The summed E-state index contributed by atoms with van der Waals surface area (Å²) >= 11 is 0. The normalized spacial score (nSPS) is 9.87. The molecule has 0 heterocycles. The van der Waals surface area contributed by atoms with E-state index in [1.807, 2.05) is 13.0 Å². The van der Waals surface area contributed by atoms with Gasteiger partial charge in [0.15, 0.2) is 0 Å². The van der Waals surface area contributed by atoms with E-state index in [1.165, 1.54) is 7.11 Å². The fraction of sp³-hybridized carbons (Fsp3) is 0.176. The summed E-state index contributed by atoms with van der Waals surface area (Å²) in [6, 6.07) is 11.5. The third-order valence-corrected chi connectivity index (χ3v) is 3.26. The van der Waals surface area contributed by atoms with Crippen LogP contribution in [-0.4, -0.2) is 26.2 Å². The molecule has 0 aliphatic rings. The van der Waals surface area contributed by atoms with E-state index < -0.39 is 12.0 Å². The first-order valence-electron chi connectivity index (χ1n) is 6.95. The van der Waals surface area contributed by atoms with Crippen molar-refractivity contribution in [1.82, 2.24) is 0 Å². The number of anilines is 2. The van der Waals surface area contributed by atoms with E-state index >= 15 is 0 Å². The van der Waals surface area contributed by atoms with Gasteiger partial charge >= 0.3 is 12.0 Å². The van der Waals surface area contributed by atoms with Gasteiger partial charge in [-0.1, -0.05) is 12.1 Å². The number of carbonyl (C=O) groups is 2. The lowest BCUT2D eigenvalue weighted by Crippen LogP contribution is -2.21. The van der Waals surface area contributed by atoms with Crippen molar-refractivity contribution < 1.29 is 19.1 Å². The summed E-state index contributed by atoms with van der Waals surface area (Å²) < 4.78 is 9.82. The summed E-state index contributed by atoms with van der Waals surface area (Å²) in [5.74, 6) is 0.200. The number of amides is 2. The van der Waals surface area contributed by atoms with Crippen LogP contribution in [0.5, 0.6) is 5.75 Å². The molecular formula is C17H18N2O4. The first kappa shape index (κ1) is 16.4. The number of urea groups is 1. The monoisotopic (exact) mass is 314 g/mol. The van der Waals surface area contributed by atoms with Crippen LogP contribution in [0.1, 0.15) is 15.9 Å². The van der Waals surface area contributed by atoms with E-state index in [-0.39, 0.29) is 5.56 Å². The molecule has 0 aromatic heterocycles. The number of carbonyl (C=O) groups excluding carboxylic acids is 2. The highest BCUT2D eigenvalue weighted by Gasteiger charge is 2.13. The van der Waals surface area contributed by atoms with Crippen molar-refractivity contribution in [2.45, 2.75) is 6.92 Å². The summed E-state index contributed by atoms with van der Waals surface area (Å²) in [5, 5.41) is 5.38. The molecule has 2 N–H and O–H groups in total. The van der Waals surface area contributed by atoms with E-state index in [0.29, 0.717) is 17.1 Å². The van der Waals surface area contributed by atoms with Crippen LogP contribution >= 0.6 is 0 Å². The van der Waals surface area contributed by atoms with Crippen molar-refractivity contribution in [3.05, 3.63) is 53.6 Å². The Morgan fingerprint density at radius 2 is 1.65 bits per heavy atom. The molecule has 0 aliphatic heterocycles. The average molecular weight is 314 g/mol. The number of aryl methyl sites for hydroxylation is 1. The lowest BCUT2D eigenvalue weighted by molar-refractivity contribution is 0.0602. The lowest BCUT2D eigenvalue weighted by atomic mass is 10.2. The van der Waals surface area contributed by atoms with Crippen molar-refractivity contribution in [2.75, 3.05) is 24.9 Å². The van der Waals surface area contributed by atoms with Gasteiger partial charge in [0, 0.05) is 5.69 Å². The Labute approximate surface area is 134 Å². The number of rotatable bonds is 4. The molecular weight excluding hydrogens is 296 g/mol. The zero-order valence-corrected chi connectivity index (χ0v) is 13.2. The van der Waals surface area contributed by atoms with Crippen molar-refractivity contribution in [2.24, 2.45) is 0 Å². The molecule has 0 bridgehead atoms. The minimum absolute atomic E-state index is 0.289. The molecule has 2 aromatic rings. The molecule has 2 aromatic carbocycles. The second kappa shape index (κ2) is 7.31. The molecule has 6 nitrogen and oxygen atoms in total. The number of para-hydroxylation sites is 1. The van der Waals surface area contributed by atoms with Gasteiger partial charge in [-0.15, -0.1) is 0 Å². The minimum Gasteiger partial charge on any atom is -0.497 e. The Morgan fingerprint density at radius 1 is 0.957 bits per heavy atom. The average Bonchev–Trinajstić information content (AvgIpc) is 2.56.